The lowest BCUT2D eigenvalue weighted by molar-refractivity contribution is -0.141. The predicted molar refractivity (Wildman–Crippen MR) is 121 cm³/mol. The van der Waals surface area contributed by atoms with Crippen LogP contribution in [0.2, 0.25) is 5.02 Å². The summed E-state index contributed by atoms with van der Waals surface area (Å²) in [6.45, 7) is 8.04. The molecule has 1 atom stereocenters. The number of hydrogen-bond donors (Lipinski definition) is 1. The van der Waals surface area contributed by atoms with Gasteiger partial charge < -0.3 is 15.0 Å². The van der Waals surface area contributed by atoms with Crippen molar-refractivity contribution in [2.24, 2.45) is 0 Å². The van der Waals surface area contributed by atoms with Gasteiger partial charge in [0.1, 0.15) is 11.8 Å². The molecule has 162 valence electrons. The molecule has 2 rings (SSSR count). The number of methoxy groups -OCH3 is 1. The number of halogens is 1. The normalized spacial score (nSPS) is 12.2. The first-order valence-electron chi connectivity index (χ1n) is 10.1. The minimum absolute atomic E-state index is 0.121. The van der Waals surface area contributed by atoms with Crippen LogP contribution in [0.4, 0.5) is 0 Å². The quantitative estimate of drug-likeness (QED) is 0.665. The van der Waals surface area contributed by atoms with Crippen LogP contribution in [-0.2, 0) is 22.6 Å². The Bertz CT molecular complexity index is 859. The Morgan fingerprint density at radius 1 is 1.10 bits per heavy atom. The molecule has 0 aliphatic rings. The zero-order valence-corrected chi connectivity index (χ0v) is 19.1. The molecule has 0 aliphatic carbocycles. The summed E-state index contributed by atoms with van der Waals surface area (Å²) in [6.07, 6.45) is 0.690. The third kappa shape index (κ3) is 7.06. The van der Waals surface area contributed by atoms with Gasteiger partial charge in [0, 0.05) is 17.1 Å². The fourth-order valence-corrected chi connectivity index (χ4v) is 3.44. The van der Waals surface area contributed by atoms with Gasteiger partial charge in [0.15, 0.2) is 0 Å². The minimum Gasteiger partial charge on any atom is -0.497 e. The summed E-state index contributed by atoms with van der Waals surface area (Å²) in [4.78, 5) is 27.9. The van der Waals surface area contributed by atoms with E-state index >= 15 is 0 Å². The minimum atomic E-state index is -0.571. The molecule has 0 heterocycles. The maximum absolute atomic E-state index is 13.3. The summed E-state index contributed by atoms with van der Waals surface area (Å²) in [7, 11) is 1.61. The zero-order valence-electron chi connectivity index (χ0n) is 18.4. The molecule has 0 spiro atoms. The number of amides is 2. The first-order chi connectivity index (χ1) is 14.1. The van der Waals surface area contributed by atoms with E-state index in [-0.39, 0.29) is 23.8 Å². The molecule has 30 heavy (non-hydrogen) atoms. The van der Waals surface area contributed by atoms with Crippen molar-refractivity contribution < 1.29 is 14.3 Å². The van der Waals surface area contributed by atoms with Crippen LogP contribution in [-0.4, -0.2) is 35.4 Å². The third-order valence-electron chi connectivity index (χ3n) is 4.64. The Morgan fingerprint density at radius 2 is 1.77 bits per heavy atom. The van der Waals surface area contributed by atoms with Crippen molar-refractivity contribution in [2.45, 2.75) is 58.7 Å². The van der Waals surface area contributed by atoms with E-state index in [4.69, 9.17) is 16.3 Å². The van der Waals surface area contributed by atoms with Crippen molar-refractivity contribution in [1.29, 1.82) is 0 Å². The number of carbonyl (C=O) groups is 2. The number of benzene rings is 2. The summed E-state index contributed by atoms with van der Waals surface area (Å²) in [5, 5.41) is 3.59. The highest BCUT2D eigenvalue weighted by molar-refractivity contribution is 6.30. The largest absolute Gasteiger partial charge is 0.497 e. The van der Waals surface area contributed by atoms with Crippen molar-refractivity contribution in [3.63, 3.8) is 0 Å². The highest BCUT2D eigenvalue weighted by Crippen LogP contribution is 2.19. The average molecular weight is 431 g/mol. The molecular weight excluding hydrogens is 400 g/mol. The topological polar surface area (TPSA) is 58.6 Å². The van der Waals surface area contributed by atoms with Gasteiger partial charge in [-0.15, -0.1) is 0 Å². The third-order valence-corrected chi connectivity index (χ3v) is 4.88. The van der Waals surface area contributed by atoms with Gasteiger partial charge in [-0.2, -0.15) is 0 Å². The molecule has 0 saturated heterocycles. The first-order valence-corrected chi connectivity index (χ1v) is 10.5. The molecule has 0 saturated carbocycles. The van der Waals surface area contributed by atoms with Gasteiger partial charge in [0.05, 0.1) is 13.5 Å². The van der Waals surface area contributed by atoms with Gasteiger partial charge in [0.25, 0.3) is 0 Å². The predicted octanol–water partition coefficient (Wildman–Crippen LogP) is 4.61. The van der Waals surface area contributed by atoms with Crippen LogP contribution in [0.5, 0.6) is 5.75 Å². The van der Waals surface area contributed by atoms with E-state index in [0.29, 0.717) is 18.0 Å². The van der Waals surface area contributed by atoms with Crippen LogP contribution in [0.25, 0.3) is 0 Å². The van der Waals surface area contributed by atoms with E-state index in [9.17, 15) is 9.59 Å². The van der Waals surface area contributed by atoms with Gasteiger partial charge in [-0.3, -0.25) is 9.59 Å². The van der Waals surface area contributed by atoms with E-state index in [2.05, 4.69) is 5.32 Å². The van der Waals surface area contributed by atoms with E-state index in [1.165, 1.54) is 0 Å². The highest BCUT2D eigenvalue weighted by atomic mass is 35.5. The molecule has 2 aromatic rings. The molecule has 0 fully saturated rings. The van der Waals surface area contributed by atoms with Crippen LogP contribution in [0, 0.1) is 0 Å². The summed E-state index contributed by atoms with van der Waals surface area (Å²) in [5.41, 5.74) is 1.36. The SMILES string of the molecule is CC[C@@H](C(=O)NC(C)(C)C)N(Cc1ccc(OC)cc1)C(=O)Cc1cccc(Cl)c1. The summed E-state index contributed by atoms with van der Waals surface area (Å²) >= 11 is 6.08. The molecule has 0 unspecified atom stereocenters. The Hall–Kier alpha value is -2.53. The van der Waals surface area contributed by atoms with E-state index in [1.807, 2.05) is 64.1 Å². The van der Waals surface area contributed by atoms with Gasteiger partial charge in [-0.1, -0.05) is 42.8 Å². The van der Waals surface area contributed by atoms with Gasteiger partial charge in [-0.25, -0.2) is 0 Å². The molecule has 0 bridgehead atoms. The van der Waals surface area contributed by atoms with Crippen molar-refractivity contribution in [2.75, 3.05) is 7.11 Å². The lowest BCUT2D eigenvalue weighted by Crippen LogP contribution is -2.53. The Labute approximate surface area is 184 Å². The number of hydrogen-bond acceptors (Lipinski definition) is 3. The molecule has 0 radical (unpaired) electrons. The molecule has 2 aromatic carbocycles. The van der Waals surface area contributed by atoms with Crippen molar-refractivity contribution >= 4 is 23.4 Å². The lowest BCUT2D eigenvalue weighted by Gasteiger charge is -2.33. The lowest BCUT2D eigenvalue weighted by atomic mass is 10.0. The summed E-state index contributed by atoms with van der Waals surface area (Å²) < 4.78 is 5.22. The van der Waals surface area contributed by atoms with Crippen LogP contribution in [0.3, 0.4) is 0 Å². The summed E-state index contributed by atoms with van der Waals surface area (Å²) in [5.74, 6) is 0.468. The highest BCUT2D eigenvalue weighted by Gasteiger charge is 2.30. The fourth-order valence-electron chi connectivity index (χ4n) is 3.22. The van der Waals surface area contributed by atoms with Gasteiger partial charge in [0.2, 0.25) is 11.8 Å². The molecule has 1 N–H and O–H groups in total. The van der Waals surface area contributed by atoms with E-state index < -0.39 is 6.04 Å². The first kappa shape index (κ1) is 23.7. The molecule has 5 nitrogen and oxygen atoms in total. The van der Waals surface area contributed by atoms with Crippen LogP contribution in [0.15, 0.2) is 48.5 Å². The zero-order chi connectivity index (χ0) is 22.3. The monoisotopic (exact) mass is 430 g/mol. The standard InChI is InChI=1S/C24H31ClN2O3/c1-6-21(23(29)26-24(2,3)4)27(16-17-10-12-20(30-5)13-11-17)22(28)15-18-8-7-9-19(25)14-18/h7-14,21H,6,15-16H2,1-5H3,(H,26,29)/t21-/m0/s1. The second-order valence-electron chi connectivity index (χ2n) is 8.34. The van der Waals surface area contributed by atoms with Crippen LogP contribution >= 0.6 is 11.6 Å². The molecular formula is C24H31ClN2O3. The average Bonchev–Trinajstić information content (AvgIpc) is 2.67. The Balaban J connectivity index is 2.31. The second-order valence-corrected chi connectivity index (χ2v) is 8.78. The Morgan fingerprint density at radius 3 is 2.30 bits per heavy atom. The molecule has 6 heteroatoms. The van der Waals surface area contributed by atoms with Crippen molar-refractivity contribution in [3.05, 3.63) is 64.7 Å². The van der Waals surface area contributed by atoms with Gasteiger partial charge in [-0.05, 0) is 62.6 Å². The molecule has 2 amide bonds. The van der Waals surface area contributed by atoms with E-state index in [0.717, 1.165) is 16.9 Å². The number of nitrogens with zero attached hydrogens (tertiary/aromatic N) is 1. The summed E-state index contributed by atoms with van der Waals surface area (Å²) in [6, 6.07) is 14.2. The fraction of sp³-hybridized carbons (Fsp3) is 0.417. The number of rotatable bonds is 8. The van der Waals surface area contributed by atoms with Crippen molar-refractivity contribution in [3.8, 4) is 5.75 Å². The second kappa shape index (κ2) is 10.5. The Kier molecular flexibility index (Phi) is 8.30. The van der Waals surface area contributed by atoms with Gasteiger partial charge >= 0.3 is 0 Å². The molecule has 0 aliphatic heterocycles. The van der Waals surface area contributed by atoms with Crippen LogP contribution in [0.1, 0.15) is 45.2 Å². The smallest absolute Gasteiger partial charge is 0.243 e. The van der Waals surface area contributed by atoms with Crippen LogP contribution < -0.4 is 10.1 Å². The maximum atomic E-state index is 13.3. The number of ether oxygens (including phenoxy) is 1. The number of carbonyl (C=O) groups excluding carboxylic acids is 2. The van der Waals surface area contributed by atoms with Crippen molar-refractivity contribution in [1.82, 2.24) is 10.2 Å². The maximum Gasteiger partial charge on any atom is 0.243 e. The number of nitrogens with one attached hydrogen (secondary N) is 1. The molecule has 0 aromatic heterocycles. The van der Waals surface area contributed by atoms with E-state index in [1.54, 1.807) is 24.1 Å².